The monoisotopic (exact) mass is 212 g/mol. The van der Waals surface area contributed by atoms with Crippen molar-refractivity contribution in [2.75, 3.05) is 14.2 Å². The van der Waals surface area contributed by atoms with Gasteiger partial charge in [0.1, 0.15) is 11.6 Å². The van der Waals surface area contributed by atoms with Crippen LogP contribution in [0.1, 0.15) is 0 Å². The number of halogens is 1. The molecule has 5 nitrogen and oxygen atoms in total. The van der Waals surface area contributed by atoms with Gasteiger partial charge in [-0.2, -0.15) is 0 Å². The fraction of sp³-hybridized carbons (Fsp3) is 0.222. The third-order valence-corrected chi connectivity index (χ3v) is 1.51. The number of ether oxygens (including phenoxy) is 2. The van der Waals surface area contributed by atoms with E-state index in [1.165, 1.54) is 26.4 Å². The average molecular weight is 212 g/mol. The topological polar surface area (TPSA) is 60.2 Å². The molecule has 1 aromatic carbocycles. The Hall–Kier alpha value is -1.98. The number of hydrogen-bond donors (Lipinski definition) is 0. The molecule has 1 amide bonds. The fourth-order valence-corrected chi connectivity index (χ4v) is 0.863. The van der Waals surface area contributed by atoms with Crippen LogP contribution in [0, 0.1) is 5.82 Å². The van der Waals surface area contributed by atoms with Crippen molar-refractivity contribution in [1.82, 2.24) is 0 Å². The third kappa shape index (κ3) is 3.34. The van der Waals surface area contributed by atoms with E-state index in [-0.39, 0.29) is 5.69 Å². The van der Waals surface area contributed by atoms with Crippen LogP contribution in [0.3, 0.4) is 0 Å². The molecule has 0 aliphatic carbocycles. The van der Waals surface area contributed by atoms with Crippen molar-refractivity contribution in [2.24, 2.45) is 10.2 Å². The Morgan fingerprint density at radius 2 is 2.07 bits per heavy atom. The first-order valence-electron chi connectivity index (χ1n) is 4.00. The zero-order valence-electron chi connectivity index (χ0n) is 8.23. The van der Waals surface area contributed by atoms with Crippen molar-refractivity contribution in [2.45, 2.75) is 0 Å². The zero-order chi connectivity index (χ0) is 11.3. The number of carbonyl (C=O) groups excluding carboxylic acids is 1. The van der Waals surface area contributed by atoms with Gasteiger partial charge in [0, 0.05) is 18.2 Å². The van der Waals surface area contributed by atoms with Gasteiger partial charge in [-0.25, -0.2) is 9.18 Å². The highest BCUT2D eigenvalue weighted by molar-refractivity contribution is 5.67. The van der Waals surface area contributed by atoms with Crippen LogP contribution in [0.5, 0.6) is 5.75 Å². The van der Waals surface area contributed by atoms with Crippen LogP contribution in [0.2, 0.25) is 0 Å². The maximum atomic E-state index is 12.9. The van der Waals surface area contributed by atoms with E-state index in [4.69, 9.17) is 4.74 Å². The van der Waals surface area contributed by atoms with Gasteiger partial charge in [-0.05, 0) is 0 Å². The molecule has 0 fully saturated rings. The van der Waals surface area contributed by atoms with E-state index in [0.717, 1.165) is 6.07 Å². The van der Waals surface area contributed by atoms with Gasteiger partial charge in [-0.15, -0.1) is 5.11 Å². The van der Waals surface area contributed by atoms with Gasteiger partial charge < -0.3 is 9.47 Å². The Bertz CT molecular complexity index is 393. The lowest BCUT2D eigenvalue weighted by Gasteiger charge is -2.00. The average Bonchev–Trinajstić information content (AvgIpc) is 2.25. The Morgan fingerprint density at radius 1 is 1.33 bits per heavy atom. The smallest absolute Gasteiger partial charge is 0.452 e. The molecule has 0 spiro atoms. The molecule has 0 aromatic heterocycles. The molecule has 0 aliphatic heterocycles. The summed E-state index contributed by atoms with van der Waals surface area (Å²) in [7, 11) is 2.57. The molecule has 0 radical (unpaired) electrons. The van der Waals surface area contributed by atoms with Gasteiger partial charge in [0.25, 0.3) is 0 Å². The molecule has 0 saturated carbocycles. The van der Waals surface area contributed by atoms with E-state index in [1.54, 1.807) is 0 Å². The minimum absolute atomic E-state index is 0.178. The number of methoxy groups -OCH3 is 2. The summed E-state index contributed by atoms with van der Waals surface area (Å²) in [5, 5.41) is 6.65. The second-order valence-electron chi connectivity index (χ2n) is 2.52. The Kier molecular flexibility index (Phi) is 3.73. The number of hydrogen-bond acceptors (Lipinski definition) is 4. The number of nitrogens with zero attached hydrogens (tertiary/aromatic N) is 2. The summed E-state index contributed by atoms with van der Waals surface area (Å²) < 4.78 is 22.0. The van der Waals surface area contributed by atoms with Gasteiger partial charge >= 0.3 is 6.09 Å². The molecule has 0 atom stereocenters. The summed E-state index contributed by atoms with van der Waals surface area (Å²) >= 11 is 0. The SMILES string of the molecule is COC(=O)N=Nc1cc(F)cc(OC)c1. The molecule has 0 heterocycles. The first kappa shape index (κ1) is 11.1. The van der Waals surface area contributed by atoms with Crippen molar-refractivity contribution < 1.29 is 18.7 Å². The molecule has 80 valence electrons. The second kappa shape index (κ2) is 5.04. The van der Waals surface area contributed by atoms with E-state index in [9.17, 15) is 9.18 Å². The number of azo groups is 1. The molecular formula is C9H9FN2O3. The Labute approximate surface area is 85.5 Å². The van der Waals surface area contributed by atoms with Gasteiger partial charge in [-0.1, -0.05) is 5.11 Å². The molecule has 0 bridgehead atoms. The minimum atomic E-state index is -0.849. The third-order valence-electron chi connectivity index (χ3n) is 1.51. The van der Waals surface area contributed by atoms with E-state index in [1.807, 2.05) is 0 Å². The molecular weight excluding hydrogens is 203 g/mol. The van der Waals surface area contributed by atoms with E-state index in [0.29, 0.717) is 5.75 Å². The van der Waals surface area contributed by atoms with Crippen LogP contribution in [-0.2, 0) is 4.74 Å². The number of rotatable bonds is 2. The number of benzene rings is 1. The van der Waals surface area contributed by atoms with Crippen molar-refractivity contribution in [3.05, 3.63) is 24.0 Å². The van der Waals surface area contributed by atoms with Crippen molar-refractivity contribution in [3.63, 3.8) is 0 Å². The lowest BCUT2D eigenvalue weighted by molar-refractivity contribution is 0.181. The first-order valence-corrected chi connectivity index (χ1v) is 4.00. The molecule has 0 saturated heterocycles. The summed E-state index contributed by atoms with van der Waals surface area (Å²) in [6.07, 6.45) is -0.849. The Morgan fingerprint density at radius 3 is 2.67 bits per heavy atom. The van der Waals surface area contributed by atoms with Crippen molar-refractivity contribution >= 4 is 11.8 Å². The van der Waals surface area contributed by atoms with Crippen molar-refractivity contribution in [1.29, 1.82) is 0 Å². The van der Waals surface area contributed by atoms with E-state index >= 15 is 0 Å². The van der Waals surface area contributed by atoms with Gasteiger partial charge in [0.2, 0.25) is 0 Å². The van der Waals surface area contributed by atoms with Gasteiger partial charge in [0.15, 0.2) is 0 Å². The fourth-order valence-electron chi connectivity index (χ4n) is 0.863. The normalized spacial score (nSPS) is 10.3. The lowest BCUT2D eigenvalue weighted by atomic mass is 10.3. The van der Waals surface area contributed by atoms with Gasteiger partial charge in [-0.3, -0.25) is 0 Å². The van der Waals surface area contributed by atoms with E-state index < -0.39 is 11.9 Å². The maximum absolute atomic E-state index is 12.9. The van der Waals surface area contributed by atoms with Crippen LogP contribution in [0.4, 0.5) is 14.9 Å². The van der Waals surface area contributed by atoms with Crippen LogP contribution in [-0.4, -0.2) is 20.3 Å². The van der Waals surface area contributed by atoms with Crippen LogP contribution >= 0.6 is 0 Å². The first-order chi connectivity index (χ1) is 7.15. The molecule has 0 unspecified atom stereocenters. The molecule has 6 heteroatoms. The van der Waals surface area contributed by atoms with Crippen LogP contribution in [0.15, 0.2) is 28.4 Å². The largest absolute Gasteiger partial charge is 0.497 e. The lowest BCUT2D eigenvalue weighted by Crippen LogP contribution is -1.89. The molecule has 1 aromatic rings. The summed E-state index contributed by atoms with van der Waals surface area (Å²) in [6.45, 7) is 0. The molecule has 15 heavy (non-hydrogen) atoms. The molecule has 0 aliphatic rings. The predicted octanol–water partition coefficient (Wildman–Crippen LogP) is 2.68. The second-order valence-corrected chi connectivity index (χ2v) is 2.52. The Balaban J connectivity index is 2.90. The standard InChI is InChI=1S/C9H9FN2O3/c1-14-8-4-6(10)3-7(5-8)11-12-9(13)15-2/h3-5H,1-2H3. The molecule has 1 rings (SSSR count). The quantitative estimate of drug-likeness (QED) is 0.708. The van der Waals surface area contributed by atoms with Crippen LogP contribution in [0.25, 0.3) is 0 Å². The zero-order valence-corrected chi connectivity index (χ0v) is 8.23. The van der Waals surface area contributed by atoms with Crippen molar-refractivity contribution in [3.8, 4) is 5.75 Å². The highest BCUT2D eigenvalue weighted by atomic mass is 19.1. The van der Waals surface area contributed by atoms with E-state index in [2.05, 4.69) is 15.0 Å². The maximum Gasteiger partial charge on any atom is 0.452 e. The summed E-state index contributed by atoms with van der Waals surface area (Å²) in [4.78, 5) is 10.6. The highest BCUT2D eigenvalue weighted by Gasteiger charge is 2.01. The molecule has 0 N–H and O–H groups in total. The predicted molar refractivity (Wildman–Crippen MR) is 49.9 cm³/mol. The summed E-state index contributed by atoms with van der Waals surface area (Å²) in [5.74, 6) is -0.220. The summed E-state index contributed by atoms with van der Waals surface area (Å²) in [6, 6.07) is 3.75. The minimum Gasteiger partial charge on any atom is -0.497 e. The van der Waals surface area contributed by atoms with Gasteiger partial charge in [0.05, 0.1) is 19.9 Å². The highest BCUT2D eigenvalue weighted by Crippen LogP contribution is 2.22. The number of amides is 1. The summed E-state index contributed by atoms with van der Waals surface area (Å²) in [5.41, 5.74) is 0.178. The van der Waals surface area contributed by atoms with Crippen LogP contribution < -0.4 is 4.74 Å². The number of carbonyl (C=O) groups is 1.